The molecule has 1 amide bonds. The monoisotopic (exact) mass is 493 g/mol. The molecule has 9 nitrogen and oxygen atoms in total. The first-order valence-corrected chi connectivity index (χ1v) is 10.3. The minimum atomic E-state index is -4.54. The molecule has 1 fully saturated rings. The van der Waals surface area contributed by atoms with Crippen molar-refractivity contribution in [1.29, 1.82) is 0 Å². The summed E-state index contributed by atoms with van der Waals surface area (Å²) in [4.78, 5) is 24.7. The second-order valence-corrected chi connectivity index (χ2v) is 8.07. The Hall–Kier alpha value is -3.07. The number of aromatic nitrogens is 2. The Bertz CT molecular complexity index is 1050. The minimum Gasteiger partial charge on any atom is -0.465 e. The third-order valence-corrected chi connectivity index (χ3v) is 6.11. The number of nitrogens with zero attached hydrogens (tertiary/aromatic N) is 3. The Labute approximate surface area is 186 Å². The number of halogens is 5. The van der Waals surface area contributed by atoms with E-state index in [2.05, 4.69) is 25.0 Å². The summed E-state index contributed by atoms with van der Waals surface area (Å²) in [5, 5.41) is 4.26. The molecule has 2 aromatic heterocycles. The molecule has 0 saturated carbocycles. The van der Waals surface area contributed by atoms with Crippen LogP contribution in [-0.2, 0) is 15.0 Å². The van der Waals surface area contributed by atoms with Crippen molar-refractivity contribution in [3.63, 3.8) is 0 Å². The van der Waals surface area contributed by atoms with Crippen molar-refractivity contribution < 1.29 is 41.0 Å². The average molecular weight is 493 g/mol. The van der Waals surface area contributed by atoms with Crippen LogP contribution in [0.15, 0.2) is 28.7 Å². The lowest BCUT2D eigenvalue weighted by Gasteiger charge is -2.44. The molecular weight excluding hydrogens is 477 g/mol. The third kappa shape index (κ3) is 4.83. The number of rotatable bonds is 5. The zero-order chi connectivity index (χ0) is 23.8. The van der Waals surface area contributed by atoms with E-state index >= 15 is 0 Å². The van der Waals surface area contributed by atoms with Crippen molar-refractivity contribution in [1.82, 2.24) is 9.97 Å². The number of amidine groups is 1. The summed E-state index contributed by atoms with van der Waals surface area (Å²) < 4.78 is 78.3. The molecule has 4 rings (SSSR count). The van der Waals surface area contributed by atoms with E-state index in [1.165, 1.54) is 11.4 Å². The Morgan fingerprint density at radius 1 is 1.36 bits per heavy atom. The van der Waals surface area contributed by atoms with E-state index in [0.717, 1.165) is 23.6 Å². The molecule has 0 bridgehead atoms. The van der Waals surface area contributed by atoms with Gasteiger partial charge in [0.2, 0.25) is 0 Å². The Balaban J connectivity index is 1.52. The molecule has 33 heavy (non-hydrogen) atoms. The van der Waals surface area contributed by atoms with Crippen LogP contribution in [0, 0.1) is 5.92 Å². The molecule has 3 atom stereocenters. The summed E-state index contributed by atoms with van der Waals surface area (Å²) in [6.07, 6.45) is -5.92. The van der Waals surface area contributed by atoms with Crippen LogP contribution in [-0.4, -0.2) is 54.0 Å². The highest BCUT2D eigenvalue weighted by atomic mass is 32.1. The van der Waals surface area contributed by atoms with Gasteiger partial charge in [0.15, 0.2) is 6.10 Å². The van der Waals surface area contributed by atoms with E-state index in [9.17, 15) is 26.7 Å². The van der Waals surface area contributed by atoms with Gasteiger partial charge in [-0.1, -0.05) is 0 Å². The molecule has 15 heteroatoms. The van der Waals surface area contributed by atoms with Gasteiger partial charge in [-0.05, 0) is 18.6 Å². The fourth-order valence-corrected chi connectivity index (χ4v) is 4.48. The van der Waals surface area contributed by atoms with Crippen molar-refractivity contribution >= 4 is 29.1 Å². The largest absolute Gasteiger partial charge is 0.465 e. The summed E-state index contributed by atoms with van der Waals surface area (Å²) in [6.45, 7) is -3.54. The second kappa shape index (κ2) is 8.70. The number of thiazole rings is 1. The first-order chi connectivity index (χ1) is 15.6. The standard InChI is InChI=1S/C18H16F5N5O4S/c19-15(20)32-9-1-2-10(25-4-9)13(29)26-12-6-33-14(27-12)17-7-31-11(18(21,22)23)3-8(17)5-30-16(24)28-17/h1-2,4,6,8,11,15H,3,5,7H2,(H2,24,28)(H,26,29)/t8-,11+,17-/m1/s1. The minimum absolute atomic E-state index is 0.0930. The number of hydrogen-bond donors (Lipinski definition) is 2. The van der Waals surface area contributed by atoms with Gasteiger partial charge in [-0.2, -0.15) is 22.0 Å². The first kappa shape index (κ1) is 23.1. The predicted molar refractivity (Wildman–Crippen MR) is 104 cm³/mol. The van der Waals surface area contributed by atoms with Crippen LogP contribution >= 0.6 is 11.3 Å². The summed E-state index contributed by atoms with van der Waals surface area (Å²) >= 11 is 1.06. The summed E-state index contributed by atoms with van der Waals surface area (Å²) in [5.74, 6) is -1.51. The number of amides is 1. The number of fused-ring (bicyclic) bond motifs is 1. The maximum absolute atomic E-state index is 13.2. The van der Waals surface area contributed by atoms with Gasteiger partial charge in [-0.3, -0.25) is 4.79 Å². The van der Waals surface area contributed by atoms with Crippen molar-refractivity contribution in [2.45, 2.75) is 30.9 Å². The highest BCUT2D eigenvalue weighted by Crippen LogP contribution is 2.47. The number of carbonyl (C=O) groups is 1. The SMILES string of the molecule is NC1=N[C@]2(c3nc(NC(=O)c4ccc(OC(F)F)cn4)cs3)CO[C@H](C(F)(F)F)C[C@@H]2CO1. The molecule has 0 aromatic carbocycles. The lowest BCUT2D eigenvalue weighted by molar-refractivity contribution is -0.249. The zero-order valence-electron chi connectivity index (χ0n) is 16.5. The van der Waals surface area contributed by atoms with E-state index in [0.29, 0.717) is 5.01 Å². The molecule has 0 spiro atoms. The highest BCUT2D eigenvalue weighted by Gasteiger charge is 2.56. The second-order valence-electron chi connectivity index (χ2n) is 7.21. The quantitative estimate of drug-likeness (QED) is 0.615. The zero-order valence-corrected chi connectivity index (χ0v) is 17.3. The Morgan fingerprint density at radius 3 is 2.82 bits per heavy atom. The lowest BCUT2D eigenvalue weighted by Crippen LogP contribution is -2.54. The van der Waals surface area contributed by atoms with E-state index in [-0.39, 0.29) is 29.9 Å². The van der Waals surface area contributed by atoms with Gasteiger partial charge in [-0.25, -0.2) is 15.0 Å². The van der Waals surface area contributed by atoms with Gasteiger partial charge < -0.3 is 25.3 Å². The molecule has 4 heterocycles. The number of nitrogens with one attached hydrogen (secondary N) is 1. The number of aliphatic imine (C=N–C) groups is 1. The third-order valence-electron chi connectivity index (χ3n) is 5.10. The molecule has 2 aromatic rings. The molecule has 0 aliphatic carbocycles. The molecule has 1 saturated heterocycles. The molecule has 2 aliphatic rings. The maximum atomic E-state index is 13.2. The number of pyridine rings is 1. The molecule has 3 N–H and O–H groups in total. The van der Waals surface area contributed by atoms with Crippen LogP contribution in [0.2, 0.25) is 0 Å². The number of carbonyl (C=O) groups excluding carboxylic acids is 1. The van der Waals surface area contributed by atoms with Crippen molar-refractivity contribution in [2.24, 2.45) is 16.6 Å². The topological polar surface area (TPSA) is 121 Å². The van der Waals surface area contributed by atoms with Crippen LogP contribution in [0.3, 0.4) is 0 Å². The van der Waals surface area contributed by atoms with Gasteiger partial charge in [0.1, 0.15) is 27.8 Å². The molecule has 0 radical (unpaired) electrons. The van der Waals surface area contributed by atoms with Crippen LogP contribution in [0.25, 0.3) is 0 Å². The van der Waals surface area contributed by atoms with Gasteiger partial charge in [0, 0.05) is 11.3 Å². The van der Waals surface area contributed by atoms with Crippen LogP contribution < -0.4 is 15.8 Å². The number of anilines is 1. The number of hydrogen-bond acceptors (Lipinski definition) is 9. The normalized spacial score (nSPS) is 25.1. The summed E-state index contributed by atoms with van der Waals surface area (Å²) in [7, 11) is 0. The molecule has 0 unspecified atom stereocenters. The van der Waals surface area contributed by atoms with E-state index < -0.39 is 49.3 Å². The van der Waals surface area contributed by atoms with Crippen molar-refractivity contribution in [3.05, 3.63) is 34.4 Å². The van der Waals surface area contributed by atoms with Crippen LogP contribution in [0.4, 0.5) is 27.8 Å². The molecular formula is C18H16F5N5O4S. The fraction of sp³-hybridized carbons (Fsp3) is 0.444. The van der Waals surface area contributed by atoms with Gasteiger partial charge in [0.25, 0.3) is 11.9 Å². The van der Waals surface area contributed by atoms with Crippen LogP contribution in [0.5, 0.6) is 5.75 Å². The lowest BCUT2D eigenvalue weighted by atomic mass is 9.79. The van der Waals surface area contributed by atoms with Gasteiger partial charge in [-0.15, -0.1) is 11.3 Å². The Kier molecular flexibility index (Phi) is 6.09. The summed E-state index contributed by atoms with van der Waals surface area (Å²) in [6, 6.07) is 2.14. The summed E-state index contributed by atoms with van der Waals surface area (Å²) in [5.41, 5.74) is 4.30. The van der Waals surface area contributed by atoms with Crippen molar-refractivity contribution in [2.75, 3.05) is 18.5 Å². The van der Waals surface area contributed by atoms with Crippen LogP contribution in [0.1, 0.15) is 21.9 Å². The van der Waals surface area contributed by atoms with Gasteiger partial charge in [0.05, 0.1) is 19.4 Å². The fourth-order valence-electron chi connectivity index (χ4n) is 3.52. The number of ether oxygens (including phenoxy) is 3. The smallest absolute Gasteiger partial charge is 0.414 e. The van der Waals surface area contributed by atoms with Gasteiger partial charge >= 0.3 is 12.8 Å². The molecule has 2 aliphatic heterocycles. The Morgan fingerprint density at radius 2 is 2.15 bits per heavy atom. The number of alkyl halides is 5. The van der Waals surface area contributed by atoms with E-state index in [4.69, 9.17) is 15.2 Å². The number of nitrogens with two attached hydrogens (primary N) is 1. The van der Waals surface area contributed by atoms with E-state index in [1.807, 2.05) is 0 Å². The predicted octanol–water partition coefficient (Wildman–Crippen LogP) is 2.90. The maximum Gasteiger partial charge on any atom is 0.414 e. The average Bonchev–Trinajstić information content (AvgIpc) is 3.21. The van der Waals surface area contributed by atoms with E-state index in [1.54, 1.807) is 0 Å². The molecule has 178 valence electrons. The highest BCUT2D eigenvalue weighted by molar-refractivity contribution is 7.10. The first-order valence-electron chi connectivity index (χ1n) is 9.41. The van der Waals surface area contributed by atoms with Crippen molar-refractivity contribution in [3.8, 4) is 5.75 Å².